The summed E-state index contributed by atoms with van der Waals surface area (Å²) < 4.78 is 0. The van der Waals surface area contributed by atoms with Crippen molar-refractivity contribution in [3.63, 3.8) is 0 Å². The molecule has 0 radical (unpaired) electrons. The molecule has 1 heterocycles. The smallest absolute Gasteiger partial charge is 0.261 e. The van der Waals surface area contributed by atoms with Crippen LogP contribution in [0.3, 0.4) is 0 Å². The van der Waals surface area contributed by atoms with Gasteiger partial charge in [-0.3, -0.25) is 4.79 Å². The van der Waals surface area contributed by atoms with Crippen molar-refractivity contribution in [1.29, 1.82) is 0 Å². The number of rotatable bonds is 3. The molecule has 0 bridgehead atoms. The van der Waals surface area contributed by atoms with E-state index in [9.17, 15) is 4.79 Å². The van der Waals surface area contributed by atoms with Crippen LogP contribution in [0.4, 0.5) is 0 Å². The van der Waals surface area contributed by atoms with E-state index in [4.69, 9.17) is 18.0 Å². The molecular formula is C16H22N2OS2. The minimum absolute atomic E-state index is 0.0567. The predicted molar refractivity (Wildman–Crippen MR) is 91.0 cm³/mol. The lowest BCUT2D eigenvalue weighted by atomic mass is 10.0. The Hall–Kier alpha value is -0.940. The summed E-state index contributed by atoms with van der Waals surface area (Å²) in [6.07, 6.45) is 9.14. The van der Waals surface area contributed by atoms with E-state index in [0.29, 0.717) is 4.99 Å². The minimum atomic E-state index is 0.0567. The van der Waals surface area contributed by atoms with E-state index in [1.54, 1.807) is 11.3 Å². The lowest BCUT2D eigenvalue weighted by Gasteiger charge is -2.19. The molecular weight excluding hydrogens is 300 g/mol. The fourth-order valence-corrected chi connectivity index (χ4v) is 4.93. The van der Waals surface area contributed by atoms with Crippen LogP contribution in [0.25, 0.3) is 0 Å². The number of carbonyl (C=O) groups is 1. The SMILES string of the molecule is NC(=S)C1CCCC1NC(=O)c1cc2c(s1)CCCCC2. The van der Waals surface area contributed by atoms with Gasteiger partial charge in [0.2, 0.25) is 0 Å². The van der Waals surface area contributed by atoms with Crippen LogP contribution in [-0.4, -0.2) is 16.9 Å². The molecule has 21 heavy (non-hydrogen) atoms. The molecule has 0 spiro atoms. The van der Waals surface area contributed by atoms with Crippen molar-refractivity contribution in [3.8, 4) is 0 Å². The first-order chi connectivity index (χ1) is 10.1. The van der Waals surface area contributed by atoms with Crippen molar-refractivity contribution in [1.82, 2.24) is 5.32 Å². The first-order valence-corrected chi connectivity index (χ1v) is 9.09. The number of hydrogen-bond acceptors (Lipinski definition) is 3. The average Bonchev–Trinajstić information content (AvgIpc) is 3.01. The number of thiocarbonyl (C=S) groups is 1. The second-order valence-electron chi connectivity index (χ2n) is 6.14. The van der Waals surface area contributed by atoms with Gasteiger partial charge in [0, 0.05) is 16.8 Å². The van der Waals surface area contributed by atoms with E-state index in [0.717, 1.165) is 37.0 Å². The van der Waals surface area contributed by atoms with Gasteiger partial charge in [0.25, 0.3) is 5.91 Å². The molecule has 0 saturated heterocycles. The zero-order chi connectivity index (χ0) is 14.8. The van der Waals surface area contributed by atoms with Crippen molar-refractivity contribution in [3.05, 3.63) is 21.4 Å². The standard InChI is InChI=1S/C16H22N2OS2/c17-15(20)11-6-4-7-12(11)18-16(19)14-9-10-5-2-1-3-8-13(10)21-14/h9,11-12H,1-8H2,(H2,17,20)(H,18,19). The Labute approximate surface area is 135 Å². The molecule has 3 rings (SSSR count). The molecule has 2 aliphatic carbocycles. The highest BCUT2D eigenvalue weighted by Crippen LogP contribution is 2.30. The first-order valence-electron chi connectivity index (χ1n) is 7.87. The van der Waals surface area contributed by atoms with Gasteiger partial charge < -0.3 is 11.1 Å². The van der Waals surface area contributed by atoms with Crippen LogP contribution < -0.4 is 11.1 Å². The fourth-order valence-electron chi connectivity index (χ4n) is 3.49. The number of aryl methyl sites for hydroxylation is 2. The van der Waals surface area contributed by atoms with Crippen molar-refractivity contribution in [2.75, 3.05) is 0 Å². The van der Waals surface area contributed by atoms with E-state index >= 15 is 0 Å². The van der Waals surface area contributed by atoms with E-state index in [1.165, 1.54) is 29.7 Å². The summed E-state index contributed by atoms with van der Waals surface area (Å²) in [6.45, 7) is 0. The Morgan fingerprint density at radius 3 is 2.86 bits per heavy atom. The summed E-state index contributed by atoms with van der Waals surface area (Å²) >= 11 is 6.79. The zero-order valence-corrected chi connectivity index (χ0v) is 13.8. The van der Waals surface area contributed by atoms with Gasteiger partial charge in [0.05, 0.1) is 9.87 Å². The quantitative estimate of drug-likeness (QED) is 0.664. The van der Waals surface area contributed by atoms with Crippen LogP contribution >= 0.6 is 23.6 Å². The number of hydrogen-bond donors (Lipinski definition) is 2. The van der Waals surface area contributed by atoms with Gasteiger partial charge in [-0.15, -0.1) is 11.3 Å². The highest BCUT2D eigenvalue weighted by Gasteiger charge is 2.31. The summed E-state index contributed by atoms with van der Waals surface area (Å²) in [6, 6.07) is 2.22. The Morgan fingerprint density at radius 1 is 1.24 bits per heavy atom. The van der Waals surface area contributed by atoms with Crippen molar-refractivity contribution >= 4 is 34.5 Å². The monoisotopic (exact) mass is 322 g/mol. The summed E-state index contributed by atoms with van der Waals surface area (Å²) in [4.78, 5) is 15.3. The van der Waals surface area contributed by atoms with E-state index < -0.39 is 0 Å². The second-order valence-corrected chi connectivity index (χ2v) is 7.75. The van der Waals surface area contributed by atoms with E-state index in [1.807, 2.05) is 0 Å². The van der Waals surface area contributed by atoms with Crippen LogP contribution in [0.1, 0.15) is 58.6 Å². The van der Waals surface area contributed by atoms with Crippen molar-refractivity contribution < 1.29 is 4.79 Å². The Morgan fingerprint density at radius 2 is 2.05 bits per heavy atom. The molecule has 2 aliphatic rings. The van der Waals surface area contributed by atoms with Gasteiger partial charge in [-0.25, -0.2) is 0 Å². The predicted octanol–water partition coefficient (Wildman–Crippen LogP) is 3.20. The number of carbonyl (C=O) groups excluding carboxylic acids is 1. The molecule has 0 aliphatic heterocycles. The molecule has 1 amide bonds. The molecule has 2 atom stereocenters. The molecule has 1 fully saturated rings. The third-order valence-electron chi connectivity index (χ3n) is 4.67. The fraction of sp³-hybridized carbons (Fsp3) is 0.625. The lowest BCUT2D eigenvalue weighted by molar-refractivity contribution is 0.0938. The average molecular weight is 322 g/mol. The molecule has 1 saturated carbocycles. The topological polar surface area (TPSA) is 55.1 Å². The molecule has 3 nitrogen and oxygen atoms in total. The number of thiophene rings is 1. The number of amides is 1. The first kappa shape index (κ1) is 15.0. The molecule has 2 unspecified atom stereocenters. The summed E-state index contributed by atoms with van der Waals surface area (Å²) in [7, 11) is 0. The van der Waals surface area contributed by atoms with Crippen LogP contribution in [0, 0.1) is 5.92 Å². The van der Waals surface area contributed by atoms with Gasteiger partial charge in [-0.05, 0) is 50.2 Å². The van der Waals surface area contributed by atoms with Crippen LogP contribution in [-0.2, 0) is 12.8 Å². The zero-order valence-electron chi connectivity index (χ0n) is 12.2. The van der Waals surface area contributed by atoms with Gasteiger partial charge in [0.15, 0.2) is 0 Å². The Bertz CT molecular complexity index is 529. The lowest BCUT2D eigenvalue weighted by Crippen LogP contribution is -2.41. The van der Waals surface area contributed by atoms with Crippen LogP contribution in [0.5, 0.6) is 0 Å². The summed E-state index contributed by atoms with van der Waals surface area (Å²) in [5.74, 6) is 0.225. The third-order valence-corrected chi connectivity index (χ3v) is 6.21. The van der Waals surface area contributed by atoms with Gasteiger partial charge in [-0.1, -0.05) is 25.1 Å². The molecule has 114 valence electrons. The largest absolute Gasteiger partial charge is 0.393 e. The maximum atomic E-state index is 12.5. The van der Waals surface area contributed by atoms with E-state index in [-0.39, 0.29) is 17.9 Å². The van der Waals surface area contributed by atoms with E-state index in [2.05, 4.69) is 11.4 Å². The number of fused-ring (bicyclic) bond motifs is 1. The van der Waals surface area contributed by atoms with Gasteiger partial charge in [0.1, 0.15) is 0 Å². The van der Waals surface area contributed by atoms with Crippen LogP contribution in [0.2, 0.25) is 0 Å². The molecule has 0 aromatic carbocycles. The minimum Gasteiger partial charge on any atom is -0.393 e. The molecule has 3 N–H and O–H groups in total. The second kappa shape index (κ2) is 6.44. The molecule has 1 aromatic rings. The highest BCUT2D eigenvalue weighted by molar-refractivity contribution is 7.80. The summed E-state index contributed by atoms with van der Waals surface area (Å²) in [5.41, 5.74) is 7.17. The van der Waals surface area contributed by atoms with Gasteiger partial charge >= 0.3 is 0 Å². The maximum absolute atomic E-state index is 12.5. The van der Waals surface area contributed by atoms with Crippen molar-refractivity contribution in [2.45, 2.75) is 57.4 Å². The normalized spacial score (nSPS) is 25.1. The van der Waals surface area contributed by atoms with Gasteiger partial charge in [-0.2, -0.15) is 0 Å². The highest BCUT2D eigenvalue weighted by atomic mass is 32.1. The van der Waals surface area contributed by atoms with Crippen molar-refractivity contribution in [2.24, 2.45) is 11.7 Å². The van der Waals surface area contributed by atoms with Crippen LogP contribution in [0.15, 0.2) is 6.07 Å². The molecule has 1 aromatic heterocycles. The number of nitrogens with one attached hydrogen (secondary N) is 1. The Kier molecular flexibility index (Phi) is 4.60. The Balaban J connectivity index is 1.69. The maximum Gasteiger partial charge on any atom is 0.261 e. The summed E-state index contributed by atoms with van der Waals surface area (Å²) in [5, 5.41) is 3.16. The molecule has 5 heteroatoms. The third kappa shape index (κ3) is 3.29. The number of nitrogens with two attached hydrogens (primary N) is 1.